The van der Waals surface area contributed by atoms with Crippen LogP contribution in [0.2, 0.25) is 0 Å². The molecular weight excluding hydrogens is 1390 g/mol. The first kappa shape index (κ1) is 72.3. The number of halogens is 9. The highest BCUT2D eigenvalue weighted by Gasteiger charge is 2.37. The number of ether oxygens (including phenoxy) is 5. The number of alkyl halides is 9. The molecule has 99 heavy (non-hydrogen) atoms. The van der Waals surface area contributed by atoms with E-state index in [1.54, 1.807) is 66.7 Å². The summed E-state index contributed by atoms with van der Waals surface area (Å²) in [6, 6.07) is 28.4. The maximum absolute atomic E-state index is 12.9. The Morgan fingerprint density at radius 1 is 0.434 bits per heavy atom. The molecule has 0 unspecified atom stereocenters. The van der Waals surface area contributed by atoms with Crippen LogP contribution in [-0.4, -0.2) is 117 Å². The van der Waals surface area contributed by atoms with Gasteiger partial charge in [-0.3, -0.25) is 45.3 Å². The van der Waals surface area contributed by atoms with Crippen molar-refractivity contribution in [2.75, 3.05) is 31.5 Å². The number of carboxylic acids is 1. The third-order valence-corrected chi connectivity index (χ3v) is 17.2. The van der Waals surface area contributed by atoms with E-state index in [1.807, 2.05) is 0 Å². The molecule has 6 heterocycles. The second-order valence-corrected chi connectivity index (χ2v) is 23.5. The van der Waals surface area contributed by atoms with Gasteiger partial charge in [0.2, 0.25) is 17.2 Å². The number of fused-ring (bicyclic) bond motifs is 3. The number of hydrogen-bond acceptors (Lipinski definition) is 23. The molecule has 9 aromatic rings. The summed E-state index contributed by atoms with van der Waals surface area (Å²) in [7, 11) is 2.60. The first-order valence-corrected chi connectivity index (χ1v) is 30.7. The number of esters is 2. The summed E-state index contributed by atoms with van der Waals surface area (Å²) in [6.07, 6.45) is -14.1. The smallest absolute Gasteiger partial charge is 0.416 e. The number of pyridine rings is 3. The monoisotopic (exact) mass is 1430 g/mol. The van der Waals surface area contributed by atoms with Crippen LogP contribution < -0.4 is 14.2 Å². The molecule has 0 amide bonds. The summed E-state index contributed by atoms with van der Waals surface area (Å²) in [5, 5.41) is 46.4. The molecule has 3 atom stereocenters. The molecule has 24 nitrogen and oxygen atoms in total. The Balaban J connectivity index is 0.000000173. The van der Waals surface area contributed by atoms with E-state index in [9.17, 15) is 84.2 Å². The number of aliphatic carboxylic acids is 1. The third kappa shape index (κ3) is 17.2. The minimum absolute atomic E-state index is 0. The molecule has 3 aromatic heterocycles. The Bertz CT molecular complexity index is 4610. The van der Waals surface area contributed by atoms with E-state index in [0.717, 1.165) is 30.3 Å². The van der Waals surface area contributed by atoms with Gasteiger partial charge in [-0.15, -0.1) is 35.3 Å². The Morgan fingerprint density at radius 3 is 0.970 bits per heavy atom. The normalized spacial score (nSPS) is 15.8. The fourth-order valence-electron chi connectivity index (χ4n) is 9.19. The second-order valence-electron chi connectivity index (χ2n) is 20.4. The summed E-state index contributed by atoms with van der Waals surface area (Å²) in [5.74, 6) is -1.01. The molecule has 0 bridgehead atoms. The predicted octanol–water partition coefficient (Wildman–Crippen LogP) is 15.5. The van der Waals surface area contributed by atoms with Gasteiger partial charge in [-0.25, -0.2) is 29.3 Å². The maximum atomic E-state index is 12.9. The summed E-state index contributed by atoms with van der Waals surface area (Å²) in [6.45, 7) is 0. The van der Waals surface area contributed by atoms with Gasteiger partial charge in [0.25, 0.3) is 0 Å². The Morgan fingerprint density at radius 2 is 0.717 bits per heavy atom. The minimum atomic E-state index is -4.72. The van der Waals surface area contributed by atoms with E-state index in [-0.39, 0.29) is 41.9 Å². The van der Waals surface area contributed by atoms with Crippen LogP contribution >= 0.6 is 35.3 Å². The maximum Gasteiger partial charge on any atom is 0.416 e. The minimum Gasteiger partial charge on any atom is -0.480 e. The lowest BCUT2D eigenvalue weighted by Crippen LogP contribution is -2.19. The second kappa shape index (κ2) is 29.8. The van der Waals surface area contributed by atoms with E-state index < -0.39 is 103 Å². The van der Waals surface area contributed by atoms with E-state index in [1.165, 1.54) is 73.8 Å². The average Bonchev–Trinajstić information content (AvgIpc) is 1.78. The largest absolute Gasteiger partial charge is 0.480 e. The number of nitrogens with zero attached hydrogens (tertiary/aromatic N) is 9. The number of carboxylic acid groups (broad SMARTS) is 1. The third-order valence-electron chi connectivity index (χ3n) is 14.0. The van der Waals surface area contributed by atoms with Gasteiger partial charge in [0.15, 0.2) is 18.1 Å². The molecule has 0 fully saturated rings. The first-order valence-electron chi connectivity index (χ1n) is 27.8. The number of carbonyl (C=O) groups excluding carboxylic acids is 2. The summed E-state index contributed by atoms with van der Waals surface area (Å²) in [4.78, 5) is 91.6. The van der Waals surface area contributed by atoms with Crippen LogP contribution in [0.3, 0.4) is 0 Å². The number of nitro groups is 3. The number of nitro benzene ring substituents is 3. The molecule has 0 radical (unpaired) electrons. The van der Waals surface area contributed by atoms with Crippen molar-refractivity contribution in [3.8, 4) is 34.5 Å². The van der Waals surface area contributed by atoms with Crippen LogP contribution in [0.1, 0.15) is 41.2 Å². The highest BCUT2D eigenvalue weighted by atomic mass is 32.2. The molecule has 0 saturated carbocycles. The van der Waals surface area contributed by atoms with Crippen molar-refractivity contribution in [3.05, 3.63) is 210 Å². The lowest BCUT2D eigenvalue weighted by Gasteiger charge is -2.10. The van der Waals surface area contributed by atoms with Crippen molar-refractivity contribution in [3.63, 3.8) is 0 Å². The lowest BCUT2D eigenvalue weighted by atomic mass is 10.1. The van der Waals surface area contributed by atoms with Gasteiger partial charge in [0.1, 0.15) is 32.4 Å². The van der Waals surface area contributed by atoms with E-state index in [2.05, 4.69) is 29.9 Å². The van der Waals surface area contributed by atoms with Crippen LogP contribution in [0.15, 0.2) is 161 Å². The zero-order valence-electron chi connectivity index (χ0n) is 49.5. The van der Waals surface area contributed by atoms with Gasteiger partial charge in [-0.1, -0.05) is 25.6 Å². The topological polar surface area (TPSA) is 323 Å². The number of hydrogen-bond donors (Lipinski definition) is 1. The molecule has 512 valence electrons. The molecule has 36 heteroatoms. The Kier molecular flexibility index (Phi) is 21.7. The molecule has 0 aliphatic carbocycles. The average molecular weight is 1430 g/mol. The Hall–Kier alpha value is -11.0. The number of thioether (sulfide) groups is 3. The van der Waals surface area contributed by atoms with Gasteiger partial charge < -0.3 is 28.8 Å². The fraction of sp³-hybridized carbons (Fsp3) is 0.190. The number of methoxy groups -OCH3 is 2. The zero-order valence-corrected chi connectivity index (χ0v) is 52.0. The predicted molar refractivity (Wildman–Crippen MR) is 346 cm³/mol. The summed E-state index contributed by atoms with van der Waals surface area (Å²) in [5.41, 5.74) is -2.48. The summed E-state index contributed by atoms with van der Waals surface area (Å²) >= 11 is 4.06. The lowest BCUT2D eigenvalue weighted by molar-refractivity contribution is -0.386. The highest BCUT2D eigenvalue weighted by Crippen LogP contribution is 2.42. The molecule has 3 aliphatic heterocycles. The van der Waals surface area contributed by atoms with Crippen molar-refractivity contribution >= 4 is 118 Å². The van der Waals surface area contributed by atoms with Gasteiger partial charge in [-0.05, 0) is 109 Å². The quantitative estimate of drug-likeness (QED) is 0.0431. The van der Waals surface area contributed by atoms with Gasteiger partial charge in [-0.2, -0.15) is 39.5 Å². The highest BCUT2D eigenvalue weighted by molar-refractivity contribution is 8.15. The van der Waals surface area contributed by atoms with E-state index in [0.29, 0.717) is 106 Å². The number of rotatable bonds is 15. The van der Waals surface area contributed by atoms with Gasteiger partial charge in [0.05, 0.1) is 79.3 Å². The van der Waals surface area contributed by atoms with Crippen molar-refractivity contribution in [2.45, 2.75) is 44.1 Å². The molecule has 6 aromatic carbocycles. The van der Waals surface area contributed by atoms with Crippen molar-refractivity contribution in [2.24, 2.45) is 15.0 Å². The molecule has 3 aliphatic rings. The van der Waals surface area contributed by atoms with Gasteiger partial charge in [0, 0.05) is 51.6 Å². The van der Waals surface area contributed by atoms with Crippen LogP contribution in [0.25, 0.3) is 32.7 Å². The number of carbonyl (C=O) groups is 3. The van der Waals surface area contributed by atoms with E-state index >= 15 is 0 Å². The van der Waals surface area contributed by atoms with Crippen molar-refractivity contribution in [1.82, 2.24) is 15.0 Å². The standard InChI is InChI=1S/2C21H14F3N3O5S.C20H12F3N3O5S.CH4/c2*1-31-20(28)16-10-33-19(26-16)15-5-2-11-8-13(4-6-14(11)25-15)32-18-7-3-12(21(22,23)24)9-17(18)27(29)30;21-20(22,23)11-2-6-17(16(8-11)26(29)30)31-12-3-5-13-10(7-12)1-4-14(24-13)18-25-15(9-32-18)19(27)28;/h2*2-9,16H,10H2,1H3;1-8,15H,9H2,(H,27,28);1H4/t2*16-;15-;/m111./s1. The molecule has 12 rings (SSSR count). The van der Waals surface area contributed by atoms with E-state index in [4.69, 9.17) is 28.8 Å². The SMILES string of the molecule is C.COC(=O)[C@H]1CSC(c2ccc3cc(Oc4ccc(C(F)(F)F)cc4[N+](=O)[O-])ccc3n2)=N1.COC(=O)[C@H]1CSC(c2ccc3cc(Oc4ccc(C(F)(F)F)cc4[N+](=O)[O-])ccc3n2)=N1.O=C(O)[C@H]1CSC(c2ccc3cc(Oc4ccc(C(F)(F)F)cc4[N+](=O)[O-])ccc3n2)=N1. The van der Waals surface area contributed by atoms with Crippen LogP contribution in [0.4, 0.5) is 56.6 Å². The first-order chi connectivity index (χ1) is 46.4. The van der Waals surface area contributed by atoms with Crippen molar-refractivity contribution in [1.29, 1.82) is 0 Å². The summed E-state index contributed by atoms with van der Waals surface area (Å²) < 4.78 is 142. The van der Waals surface area contributed by atoms with Gasteiger partial charge >= 0.3 is 53.5 Å². The van der Waals surface area contributed by atoms with Crippen LogP contribution in [-0.2, 0) is 42.4 Å². The molecule has 0 saturated heterocycles. The molecular formula is C63H44F9N9O15S3. The zero-order chi connectivity index (χ0) is 70.5. The van der Waals surface area contributed by atoms with Crippen molar-refractivity contribution < 1.29 is 97.5 Å². The Labute approximate surface area is 562 Å². The number of aromatic nitrogens is 3. The van der Waals surface area contributed by atoms with Crippen LogP contribution in [0.5, 0.6) is 34.5 Å². The van der Waals surface area contributed by atoms with Crippen LogP contribution in [0, 0.1) is 30.3 Å². The molecule has 0 spiro atoms. The number of aliphatic imine (C=N–C) groups is 3. The fourth-order valence-corrected chi connectivity index (χ4v) is 12.2. The number of benzene rings is 6. The molecule has 1 N–H and O–H groups in total.